The van der Waals surface area contributed by atoms with Crippen molar-refractivity contribution in [3.8, 4) is 5.69 Å². The Kier molecular flexibility index (Phi) is 6.29. The summed E-state index contributed by atoms with van der Waals surface area (Å²) in [7, 11) is 0. The quantitative estimate of drug-likeness (QED) is 0.410. The first-order chi connectivity index (χ1) is 17.3. The lowest BCUT2D eigenvalue weighted by Gasteiger charge is -2.33. The van der Waals surface area contributed by atoms with Crippen molar-refractivity contribution in [1.82, 2.24) is 25.1 Å². The highest BCUT2D eigenvalue weighted by Crippen LogP contribution is 2.32. The zero-order valence-electron chi connectivity index (χ0n) is 19.0. The topological polar surface area (TPSA) is 75.9 Å². The van der Waals surface area contributed by atoms with Crippen molar-refractivity contribution in [2.45, 2.75) is 25.6 Å². The number of piperidine rings is 1. The van der Waals surface area contributed by atoms with Gasteiger partial charge in [0.2, 0.25) is 5.91 Å². The van der Waals surface area contributed by atoms with Crippen LogP contribution >= 0.6 is 0 Å². The largest absolute Gasteiger partial charge is 0.416 e. The van der Waals surface area contributed by atoms with Crippen LogP contribution in [-0.4, -0.2) is 38.7 Å². The predicted molar refractivity (Wildman–Crippen MR) is 125 cm³/mol. The van der Waals surface area contributed by atoms with Crippen LogP contribution in [0.25, 0.3) is 16.7 Å². The maximum absolute atomic E-state index is 13.3. The van der Waals surface area contributed by atoms with Crippen LogP contribution in [0, 0.1) is 11.7 Å². The van der Waals surface area contributed by atoms with Gasteiger partial charge in [0.25, 0.3) is 0 Å². The number of benzene rings is 2. The molecule has 7 nitrogen and oxygen atoms in total. The molecule has 3 heterocycles. The summed E-state index contributed by atoms with van der Waals surface area (Å²) in [4.78, 5) is 23.5. The van der Waals surface area contributed by atoms with Crippen molar-refractivity contribution in [2.24, 2.45) is 5.92 Å². The Morgan fingerprint density at radius 2 is 1.86 bits per heavy atom. The van der Waals surface area contributed by atoms with Gasteiger partial charge in [-0.2, -0.15) is 13.2 Å². The van der Waals surface area contributed by atoms with Crippen LogP contribution in [0.2, 0.25) is 0 Å². The third-order valence-corrected chi connectivity index (χ3v) is 6.25. The average Bonchev–Trinajstić information content (AvgIpc) is 3.32. The summed E-state index contributed by atoms with van der Waals surface area (Å²) in [6, 6.07) is 11.1. The lowest BCUT2D eigenvalue weighted by atomic mass is 9.96. The van der Waals surface area contributed by atoms with Crippen molar-refractivity contribution in [3.05, 3.63) is 78.0 Å². The Hall–Kier alpha value is -4.02. The van der Waals surface area contributed by atoms with Gasteiger partial charge in [0, 0.05) is 25.8 Å². The van der Waals surface area contributed by atoms with Crippen molar-refractivity contribution in [2.75, 3.05) is 18.0 Å². The molecule has 1 N–H and O–H groups in total. The molecule has 1 amide bonds. The molecule has 0 saturated carbocycles. The second kappa shape index (κ2) is 9.56. The van der Waals surface area contributed by atoms with Gasteiger partial charge >= 0.3 is 6.18 Å². The van der Waals surface area contributed by atoms with Gasteiger partial charge in [-0.15, -0.1) is 5.10 Å². The number of alkyl halides is 3. The van der Waals surface area contributed by atoms with Crippen molar-refractivity contribution in [1.29, 1.82) is 0 Å². The molecule has 0 spiro atoms. The van der Waals surface area contributed by atoms with E-state index in [9.17, 15) is 22.4 Å². The van der Waals surface area contributed by atoms with Crippen LogP contribution in [-0.2, 0) is 17.5 Å². The van der Waals surface area contributed by atoms with Gasteiger partial charge in [0.1, 0.15) is 18.0 Å². The summed E-state index contributed by atoms with van der Waals surface area (Å²) in [5.74, 6) is -0.443. The number of halogens is 4. The lowest BCUT2D eigenvalue weighted by molar-refractivity contribution is -0.138. The summed E-state index contributed by atoms with van der Waals surface area (Å²) in [5.41, 5.74) is 0.392. The number of carbonyl (C=O) groups is 1. The third kappa shape index (κ3) is 4.86. The standard InChI is InChI=1S/C25H22F4N6O/c26-18-7-9-19(10-8-18)35-14-20-22(33-35)31-15-32-23(20)34-11-3-5-17(13-34)24(36)30-12-16-4-1-2-6-21(16)25(27,28)29/h1-2,4,6-10,14-15,17H,3,5,11-13H2,(H,30,36). The molecule has 0 aliphatic carbocycles. The van der Waals surface area contributed by atoms with Crippen molar-refractivity contribution >= 4 is 22.8 Å². The fraction of sp³-hybridized carbons (Fsp3) is 0.280. The van der Waals surface area contributed by atoms with Gasteiger partial charge < -0.3 is 10.2 Å². The van der Waals surface area contributed by atoms with Crippen LogP contribution in [0.15, 0.2) is 61.1 Å². The van der Waals surface area contributed by atoms with E-state index in [4.69, 9.17) is 0 Å². The predicted octanol–water partition coefficient (Wildman–Crippen LogP) is 4.51. The molecule has 4 aromatic rings. The molecule has 1 aliphatic rings. The maximum Gasteiger partial charge on any atom is 0.416 e. The second-order valence-corrected chi connectivity index (χ2v) is 8.64. The molecule has 2 aromatic carbocycles. The van der Waals surface area contributed by atoms with Gasteiger partial charge in [0.05, 0.1) is 22.6 Å². The second-order valence-electron chi connectivity index (χ2n) is 8.64. The number of fused-ring (bicyclic) bond motifs is 1. The van der Waals surface area contributed by atoms with Gasteiger partial charge in [0.15, 0.2) is 5.65 Å². The number of amides is 1. The SMILES string of the molecule is O=C(NCc1ccccc1C(F)(F)F)C1CCCN(c2ncnc3nn(-c4ccc(F)cc4)cc23)C1. The number of hydrogen-bond acceptors (Lipinski definition) is 5. The van der Waals surface area contributed by atoms with Crippen LogP contribution in [0.4, 0.5) is 23.4 Å². The minimum absolute atomic E-state index is 0.0248. The van der Waals surface area contributed by atoms with E-state index >= 15 is 0 Å². The van der Waals surface area contributed by atoms with Gasteiger partial charge in [-0.3, -0.25) is 4.79 Å². The summed E-state index contributed by atoms with van der Waals surface area (Å²) in [5, 5.41) is 7.82. The lowest BCUT2D eigenvalue weighted by Crippen LogP contribution is -2.43. The maximum atomic E-state index is 13.3. The highest BCUT2D eigenvalue weighted by Gasteiger charge is 2.33. The number of hydrogen-bond donors (Lipinski definition) is 1. The Morgan fingerprint density at radius 1 is 1.08 bits per heavy atom. The number of anilines is 1. The Morgan fingerprint density at radius 3 is 2.64 bits per heavy atom. The number of aromatic nitrogens is 4. The third-order valence-electron chi connectivity index (χ3n) is 6.25. The average molecular weight is 498 g/mol. The number of nitrogens with one attached hydrogen (secondary N) is 1. The summed E-state index contributed by atoms with van der Waals surface area (Å²) >= 11 is 0. The van der Waals surface area contributed by atoms with E-state index in [1.807, 2.05) is 4.90 Å². The van der Waals surface area contributed by atoms with Crippen molar-refractivity contribution in [3.63, 3.8) is 0 Å². The molecule has 0 bridgehead atoms. The highest BCUT2D eigenvalue weighted by molar-refractivity contribution is 5.87. The first-order valence-corrected chi connectivity index (χ1v) is 11.4. The molecule has 1 unspecified atom stereocenters. The van der Waals surface area contributed by atoms with Crippen LogP contribution < -0.4 is 10.2 Å². The Bertz CT molecular complexity index is 1390. The van der Waals surface area contributed by atoms with Gasteiger partial charge in [-0.05, 0) is 48.7 Å². The smallest absolute Gasteiger partial charge is 0.355 e. The monoisotopic (exact) mass is 498 g/mol. The zero-order valence-corrected chi connectivity index (χ0v) is 19.0. The van der Waals surface area contributed by atoms with Crippen molar-refractivity contribution < 1.29 is 22.4 Å². The molecule has 1 aliphatic heterocycles. The fourth-order valence-electron chi connectivity index (χ4n) is 4.46. The fourth-order valence-corrected chi connectivity index (χ4v) is 4.46. The van der Waals surface area contributed by atoms with E-state index < -0.39 is 17.7 Å². The number of carbonyl (C=O) groups excluding carboxylic acids is 1. The van der Waals surface area contributed by atoms with Crippen LogP contribution in [0.1, 0.15) is 24.0 Å². The number of rotatable bonds is 5. The number of nitrogens with zero attached hydrogens (tertiary/aromatic N) is 5. The Labute approximate surface area is 203 Å². The highest BCUT2D eigenvalue weighted by atomic mass is 19.4. The molecule has 1 fully saturated rings. The summed E-state index contributed by atoms with van der Waals surface area (Å²) < 4.78 is 54.7. The first-order valence-electron chi connectivity index (χ1n) is 11.4. The molecular weight excluding hydrogens is 476 g/mol. The molecule has 0 radical (unpaired) electrons. The minimum Gasteiger partial charge on any atom is -0.355 e. The molecule has 186 valence electrons. The van der Waals surface area contributed by atoms with E-state index in [0.717, 1.165) is 12.5 Å². The van der Waals surface area contributed by atoms with E-state index in [2.05, 4.69) is 20.4 Å². The van der Waals surface area contributed by atoms with Gasteiger partial charge in [-0.25, -0.2) is 19.0 Å². The molecule has 5 rings (SSSR count). The molecular formula is C25H22F4N6O. The first kappa shape index (κ1) is 23.7. The van der Waals surface area contributed by atoms with Crippen LogP contribution in [0.3, 0.4) is 0 Å². The van der Waals surface area contributed by atoms with E-state index in [1.165, 1.54) is 36.7 Å². The molecule has 2 aromatic heterocycles. The normalized spacial score (nSPS) is 16.3. The summed E-state index contributed by atoms with van der Waals surface area (Å²) in [6.07, 6.45) is 0.00785. The van der Waals surface area contributed by atoms with Gasteiger partial charge in [-0.1, -0.05) is 18.2 Å². The van der Waals surface area contributed by atoms with E-state index in [1.54, 1.807) is 23.0 Å². The van der Waals surface area contributed by atoms with E-state index in [0.29, 0.717) is 42.0 Å². The zero-order chi connectivity index (χ0) is 25.3. The minimum atomic E-state index is -4.49. The molecule has 36 heavy (non-hydrogen) atoms. The summed E-state index contributed by atoms with van der Waals surface area (Å²) in [6.45, 7) is 0.822. The molecule has 1 atom stereocenters. The molecule has 1 saturated heterocycles. The Balaban J connectivity index is 1.32. The van der Waals surface area contributed by atoms with E-state index in [-0.39, 0.29) is 23.8 Å². The van der Waals surface area contributed by atoms with Crippen LogP contribution in [0.5, 0.6) is 0 Å². The molecule has 11 heteroatoms.